The van der Waals surface area contributed by atoms with Gasteiger partial charge in [0.25, 0.3) is 0 Å². The van der Waals surface area contributed by atoms with Gasteiger partial charge in [-0.15, -0.1) is 0 Å². The minimum atomic E-state index is -0.488. The Morgan fingerprint density at radius 1 is 1.21 bits per heavy atom. The third kappa shape index (κ3) is 3.06. The van der Waals surface area contributed by atoms with Gasteiger partial charge >= 0.3 is 0 Å². The van der Waals surface area contributed by atoms with Crippen molar-refractivity contribution in [2.75, 3.05) is 18.0 Å². The predicted octanol–water partition coefficient (Wildman–Crippen LogP) is 3.23. The zero-order valence-corrected chi connectivity index (χ0v) is 16.2. The van der Waals surface area contributed by atoms with Gasteiger partial charge in [0.05, 0.1) is 5.39 Å². The number of aliphatic hydroxyl groups is 1. The minimum absolute atomic E-state index is 0.131. The van der Waals surface area contributed by atoms with Gasteiger partial charge in [-0.1, -0.05) is 30.3 Å². The maximum atomic E-state index is 11.0. The van der Waals surface area contributed by atoms with Crippen molar-refractivity contribution in [2.45, 2.75) is 38.5 Å². The molecule has 28 heavy (non-hydrogen) atoms. The Balaban J connectivity index is 1.31. The molecule has 2 aromatic heterocycles. The summed E-state index contributed by atoms with van der Waals surface area (Å²) in [5, 5.41) is 15.5. The number of aromatic nitrogens is 3. The number of hydrogen-bond acceptors (Lipinski definition) is 5. The van der Waals surface area contributed by atoms with Crippen LogP contribution < -0.4 is 10.2 Å². The second-order valence-corrected chi connectivity index (χ2v) is 8.36. The van der Waals surface area contributed by atoms with E-state index in [-0.39, 0.29) is 17.4 Å². The maximum absolute atomic E-state index is 11.0. The zero-order valence-electron chi connectivity index (χ0n) is 16.2. The molecule has 1 aliphatic carbocycles. The van der Waals surface area contributed by atoms with E-state index in [1.807, 2.05) is 30.5 Å². The largest absolute Gasteiger partial charge is 0.378 e. The number of fused-ring (bicyclic) bond motifs is 1. The van der Waals surface area contributed by atoms with Crippen LogP contribution >= 0.6 is 0 Å². The van der Waals surface area contributed by atoms with Crippen LogP contribution in [0.5, 0.6) is 0 Å². The number of rotatable bonds is 5. The first-order valence-electron chi connectivity index (χ1n) is 10.2. The minimum Gasteiger partial charge on any atom is -0.378 e. The van der Waals surface area contributed by atoms with Gasteiger partial charge in [-0.05, 0) is 43.2 Å². The molecule has 1 spiro atoms. The Bertz CT molecular complexity index is 952. The van der Waals surface area contributed by atoms with Crippen LogP contribution in [0.3, 0.4) is 0 Å². The fourth-order valence-electron chi connectivity index (χ4n) is 4.86. The van der Waals surface area contributed by atoms with E-state index in [9.17, 15) is 5.11 Å². The van der Waals surface area contributed by atoms with Crippen molar-refractivity contribution in [1.82, 2.24) is 20.3 Å². The van der Waals surface area contributed by atoms with E-state index < -0.39 is 6.23 Å². The molecule has 3 aromatic rings. The molecule has 6 nitrogen and oxygen atoms in total. The second kappa shape index (κ2) is 6.87. The van der Waals surface area contributed by atoms with Crippen molar-refractivity contribution in [3.63, 3.8) is 0 Å². The molecular formula is C22H27N5O. The first kappa shape index (κ1) is 17.6. The van der Waals surface area contributed by atoms with E-state index in [1.165, 1.54) is 18.4 Å². The summed E-state index contributed by atoms with van der Waals surface area (Å²) in [5.41, 5.74) is 2.28. The standard InChI is InChI=1S/C22H27N5O/c1-15(16-5-3-2-4-6-16)26-21(28)18-8-12-27(13-22(18)9-10-22)20-17-7-11-23-19(17)24-14-25-20/h2-7,11,14-15,18,21,26,28H,8-10,12-13H2,1H3,(H,23,24,25)/t15-,18?,21?/m1/s1. The number of nitrogens with zero attached hydrogens (tertiary/aromatic N) is 3. The van der Waals surface area contributed by atoms with E-state index in [2.05, 4.69) is 44.2 Å². The molecule has 2 aliphatic rings. The molecule has 0 radical (unpaired) electrons. The van der Waals surface area contributed by atoms with Gasteiger partial charge in [0.1, 0.15) is 24.0 Å². The van der Waals surface area contributed by atoms with E-state index in [1.54, 1.807) is 6.33 Å². The summed E-state index contributed by atoms with van der Waals surface area (Å²) in [4.78, 5) is 14.4. The van der Waals surface area contributed by atoms with Gasteiger partial charge in [-0.2, -0.15) is 0 Å². The lowest BCUT2D eigenvalue weighted by molar-refractivity contribution is 0.0165. The van der Waals surface area contributed by atoms with Crippen molar-refractivity contribution >= 4 is 16.9 Å². The van der Waals surface area contributed by atoms with Crippen LogP contribution in [0.4, 0.5) is 5.82 Å². The molecule has 1 aromatic carbocycles. The Morgan fingerprint density at radius 2 is 2.04 bits per heavy atom. The van der Waals surface area contributed by atoms with Gasteiger partial charge in [0.2, 0.25) is 0 Å². The van der Waals surface area contributed by atoms with Crippen LogP contribution in [0.2, 0.25) is 0 Å². The molecule has 3 atom stereocenters. The van der Waals surface area contributed by atoms with Gasteiger partial charge in [-0.25, -0.2) is 9.97 Å². The van der Waals surface area contributed by atoms with Gasteiger partial charge < -0.3 is 15.0 Å². The lowest BCUT2D eigenvalue weighted by Gasteiger charge is -2.42. The highest BCUT2D eigenvalue weighted by atomic mass is 16.3. The number of hydrogen-bond donors (Lipinski definition) is 3. The van der Waals surface area contributed by atoms with Crippen LogP contribution in [0.25, 0.3) is 11.0 Å². The molecule has 2 fully saturated rings. The van der Waals surface area contributed by atoms with Crippen LogP contribution in [0.15, 0.2) is 48.9 Å². The third-order valence-electron chi connectivity index (χ3n) is 6.63. The molecule has 5 rings (SSSR count). The number of nitrogens with one attached hydrogen (secondary N) is 2. The molecule has 3 heterocycles. The van der Waals surface area contributed by atoms with Crippen molar-refractivity contribution < 1.29 is 5.11 Å². The molecule has 2 unspecified atom stereocenters. The Labute approximate surface area is 165 Å². The van der Waals surface area contributed by atoms with Crippen molar-refractivity contribution in [1.29, 1.82) is 0 Å². The number of H-pyrrole nitrogens is 1. The van der Waals surface area contributed by atoms with Gasteiger partial charge in [0, 0.05) is 31.2 Å². The summed E-state index contributed by atoms with van der Waals surface area (Å²) in [7, 11) is 0. The van der Waals surface area contributed by atoms with Crippen molar-refractivity contribution in [2.24, 2.45) is 11.3 Å². The van der Waals surface area contributed by atoms with Crippen molar-refractivity contribution in [3.05, 3.63) is 54.5 Å². The average Bonchev–Trinajstić information content (AvgIpc) is 3.30. The number of aromatic amines is 1. The Morgan fingerprint density at radius 3 is 2.82 bits per heavy atom. The summed E-state index contributed by atoms with van der Waals surface area (Å²) in [5.74, 6) is 1.29. The summed E-state index contributed by atoms with van der Waals surface area (Å²) in [6, 6.07) is 12.5. The highest BCUT2D eigenvalue weighted by Crippen LogP contribution is 2.57. The second-order valence-electron chi connectivity index (χ2n) is 8.36. The topological polar surface area (TPSA) is 77.1 Å². The molecular weight excluding hydrogens is 350 g/mol. The lowest BCUT2D eigenvalue weighted by atomic mass is 9.80. The first-order chi connectivity index (χ1) is 13.7. The summed E-state index contributed by atoms with van der Waals surface area (Å²) < 4.78 is 0. The van der Waals surface area contributed by atoms with Crippen LogP contribution in [-0.4, -0.2) is 39.4 Å². The number of piperidine rings is 1. The highest BCUT2D eigenvalue weighted by Gasteiger charge is 2.55. The third-order valence-corrected chi connectivity index (χ3v) is 6.63. The predicted molar refractivity (Wildman–Crippen MR) is 110 cm³/mol. The van der Waals surface area contributed by atoms with Gasteiger partial charge in [0.15, 0.2) is 0 Å². The molecule has 0 bridgehead atoms. The molecule has 1 saturated carbocycles. The number of aliphatic hydroxyl groups excluding tert-OH is 1. The maximum Gasteiger partial charge on any atom is 0.142 e. The van der Waals surface area contributed by atoms with E-state index in [0.29, 0.717) is 0 Å². The van der Waals surface area contributed by atoms with Crippen LogP contribution in [0, 0.1) is 11.3 Å². The van der Waals surface area contributed by atoms with E-state index in [4.69, 9.17) is 0 Å². The number of benzene rings is 1. The quantitative estimate of drug-likeness (QED) is 0.595. The Kier molecular flexibility index (Phi) is 4.33. The molecule has 1 aliphatic heterocycles. The smallest absolute Gasteiger partial charge is 0.142 e. The summed E-state index contributed by atoms with van der Waals surface area (Å²) in [6.07, 6.45) is 6.38. The normalized spacial score (nSPS) is 23.1. The summed E-state index contributed by atoms with van der Waals surface area (Å²) in [6.45, 7) is 3.98. The first-order valence-corrected chi connectivity index (χ1v) is 10.2. The fraction of sp³-hybridized carbons (Fsp3) is 0.455. The molecule has 3 N–H and O–H groups in total. The highest BCUT2D eigenvalue weighted by molar-refractivity contribution is 5.87. The van der Waals surface area contributed by atoms with E-state index in [0.717, 1.165) is 36.4 Å². The summed E-state index contributed by atoms with van der Waals surface area (Å²) >= 11 is 0. The zero-order chi connectivity index (χ0) is 19.1. The van der Waals surface area contributed by atoms with Crippen LogP contribution in [0.1, 0.15) is 37.8 Å². The molecule has 6 heteroatoms. The monoisotopic (exact) mass is 377 g/mol. The molecule has 1 saturated heterocycles. The fourth-order valence-corrected chi connectivity index (χ4v) is 4.86. The van der Waals surface area contributed by atoms with Crippen LogP contribution in [-0.2, 0) is 0 Å². The molecule has 146 valence electrons. The molecule has 0 amide bonds. The van der Waals surface area contributed by atoms with Gasteiger partial charge in [-0.3, -0.25) is 5.32 Å². The average molecular weight is 377 g/mol. The lowest BCUT2D eigenvalue weighted by Crippen LogP contribution is -2.50. The van der Waals surface area contributed by atoms with E-state index >= 15 is 0 Å². The SMILES string of the molecule is C[C@@H](NC(O)C1CCN(c2ncnc3[nH]ccc23)CC12CC2)c1ccccc1. The van der Waals surface area contributed by atoms with Crippen molar-refractivity contribution in [3.8, 4) is 0 Å². The number of anilines is 1. The Hall–Kier alpha value is -2.44.